The lowest BCUT2D eigenvalue weighted by molar-refractivity contribution is -0.119. The minimum absolute atomic E-state index is 0.0386. The Bertz CT molecular complexity index is 976. The van der Waals surface area contributed by atoms with Crippen LogP contribution < -0.4 is 4.90 Å². The van der Waals surface area contributed by atoms with Crippen molar-refractivity contribution in [2.45, 2.75) is 45.4 Å². The minimum Gasteiger partial charge on any atom is -0.294 e. The average molecular weight is 380 g/mol. The summed E-state index contributed by atoms with van der Waals surface area (Å²) in [6.07, 6.45) is 2.37. The molecule has 0 saturated heterocycles. The molecule has 1 amide bonds. The van der Waals surface area contributed by atoms with Gasteiger partial charge in [-0.2, -0.15) is 0 Å². The minimum atomic E-state index is -0.207. The number of aryl methyl sites for hydroxylation is 2. The van der Waals surface area contributed by atoms with Gasteiger partial charge in [0, 0.05) is 40.7 Å². The van der Waals surface area contributed by atoms with Crippen LogP contribution in [-0.4, -0.2) is 11.7 Å². The molecule has 3 nitrogen and oxygen atoms in total. The number of ketones is 1. The van der Waals surface area contributed by atoms with E-state index in [1.807, 2.05) is 49.4 Å². The molecule has 0 N–H and O–H groups in total. The van der Waals surface area contributed by atoms with Crippen molar-refractivity contribution in [3.05, 3.63) is 75.4 Å². The molecule has 2 aromatic rings. The van der Waals surface area contributed by atoms with Gasteiger partial charge >= 0.3 is 0 Å². The van der Waals surface area contributed by atoms with E-state index >= 15 is 0 Å². The normalized spacial score (nSPS) is 20.1. The molecule has 0 saturated carbocycles. The van der Waals surface area contributed by atoms with Crippen molar-refractivity contribution in [1.82, 2.24) is 0 Å². The predicted octanol–water partition coefficient (Wildman–Crippen LogP) is 5.48. The topological polar surface area (TPSA) is 37.4 Å². The number of rotatable bonds is 2. The summed E-state index contributed by atoms with van der Waals surface area (Å²) in [5, 5.41) is 0.627. The smallest absolute Gasteiger partial charge is 0.232 e. The maximum Gasteiger partial charge on any atom is 0.232 e. The van der Waals surface area contributed by atoms with E-state index in [4.69, 9.17) is 11.6 Å². The van der Waals surface area contributed by atoms with Gasteiger partial charge in [0.15, 0.2) is 5.78 Å². The van der Waals surface area contributed by atoms with Crippen LogP contribution in [-0.2, 0) is 9.59 Å². The van der Waals surface area contributed by atoms with E-state index in [0.717, 1.165) is 40.9 Å². The second-order valence-electron chi connectivity index (χ2n) is 7.45. The number of amides is 1. The van der Waals surface area contributed by atoms with Gasteiger partial charge in [0.2, 0.25) is 5.91 Å². The van der Waals surface area contributed by atoms with Crippen molar-refractivity contribution in [3.8, 4) is 0 Å². The van der Waals surface area contributed by atoms with Crippen molar-refractivity contribution in [1.29, 1.82) is 0 Å². The van der Waals surface area contributed by atoms with Crippen LogP contribution in [0.5, 0.6) is 0 Å². The molecule has 138 valence electrons. The maximum atomic E-state index is 13.2. The van der Waals surface area contributed by atoms with Crippen LogP contribution in [0.25, 0.3) is 0 Å². The Hall–Kier alpha value is -2.39. The van der Waals surface area contributed by atoms with Crippen molar-refractivity contribution in [2.24, 2.45) is 0 Å². The second kappa shape index (κ2) is 6.97. The second-order valence-corrected chi connectivity index (χ2v) is 7.88. The van der Waals surface area contributed by atoms with E-state index in [1.54, 1.807) is 4.90 Å². The Labute approximate surface area is 164 Å². The van der Waals surface area contributed by atoms with Gasteiger partial charge in [0.25, 0.3) is 0 Å². The Kier molecular flexibility index (Phi) is 4.65. The summed E-state index contributed by atoms with van der Waals surface area (Å²) in [6.45, 7) is 4.10. The van der Waals surface area contributed by atoms with Crippen LogP contribution in [0.4, 0.5) is 5.69 Å². The first-order valence-corrected chi connectivity index (χ1v) is 9.75. The summed E-state index contributed by atoms with van der Waals surface area (Å²) >= 11 is 6.17. The van der Waals surface area contributed by atoms with Gasteiger partial charge in [0.05, 0.1) is 0 Å². The Balaban J connectivity index is 1.87. The van der Waals surface area contributed by atoms with Gasteiger partial charge in [-0.15, -0.1) is 0 Å². The third kappa shape index (κ3) is 3.21. The fourth-order valence-electron chi connectivity index (χ4n) is 4.17. The summed E-state index contributed by atoms with van der Waals surface area (Å²) in [4.78, 5) is 27.8. The summed E-state index contributed by atoms with van der Waals surface area (Å²) in [6, 6.07) is 13.6. The summed E-state index contributed by atoms with van der Waals surface area (Å²) < 4.78 is 0. The lowest BCUT2D eigenvalue weighted by Gasteiger charge is -2.38. The number of halogens is 1. The standard InChI is InChI=1S/C23H22ClNO2/c1-14-9-10-18(11-15(14)2)25-20-7-4-8-21(26)23(20)19(13-22(25)27)16-5-3-6-17(24)12-16/h3,5-6,9-12,19H,4,7-8,13H2,1-2H3. The maximum absolute atomic E-state index is 13.2. The van der Waals surface area contributed by atoms with Crippen LogP contribution in [0.2, 0.25) is 5.02 Å². The molecule has 1 unspecified atom stereocenters. The predicted molar refractivity (Wildman–Crippen MR) is 108 cm³/mol. The largest absolute Gasteiger partial charge is 0.294 e. The highest BCUT2D eigenvalue weighted by Gasteiger charge is 2.39. The molecule has 2 aliphatic rings. The fourth-order valence-corrected chi connectivity index (χ4v) is 4.36. The number of allylic oxidation sites excluding steroid dienone is 2. The van der Waals surface area contributed by atoms with Gasteiger partial charge in [-0.3, -0.25) is 14.5 Å². The molecular formula is C23H22ClNO2. The van der Waals surface area contributed by atoms with E-state index in [9.17, 15) is 9.59 Å². The number of hydrogen-bond donors (Lipinski definition) is 0. The highest BCUT2D eigenvalue weighted by molar-refractivity contribution is 6.30. The van der Waals surface area contributed by atoms with Crippen molar-refractivity contribution >= 4 is 29.0 Å². The van der Waals surface area contributed by atoms with Crippen molar-refractivity contribution in [2.75, 3.05) is 4.90 Å². The Morgan fingerprint density at radius 1 is 1.00 bits per heavy atom. The number of hydrogen-bond acceptors (Lipinski definition) is 2. The molecule has 1 aliphatic heterocycles. The number of carbonyl (C=O) groups is 2. The molecule has 2 aromatic carbocycles. The van der Waals surface area contributed by atoms with Crippen molar-refractivity contribution in [3.63, 3.8) is 0 Å². The lowest BCUT2D eigenvalue weighted by atomic mass is 9.77. The molecule has 0 radical (unpaired) electrons. The zero-order chi connectivity index (χ0) is 19.1. The molecule has 1 aliphatic carbocycles. The van der Waals surface area contributed by atoms with Gasteiger partial charge in [-0.05, 0) is 67.6 Å². The van der Waals surface area contributed by atoms with E-state index in [1.165, 1.54) is 5.56 Å². The first-order valence-electron chi connectivity index (χ1n) is 9.37. The van der Waals surface area contributed by atoms with Crippen LogP contribution in [0.1, 0.15) is 48.3 Å². The quantitative estimate of drug-likeness (QED) is 0.692. The van der Waals surface area contributed by atoms with E-state index in [-0.39, 0.29) is 24.0 Å². The molecule has 0 fully saturated rings. The molecular weight excluding hydrogens is 358 g/mol. The number of carbonyl (C=O) groups excluding carboxylic acids is 2. The molecule has 1 atom stereocenters. The molecule has 27 heavy (non-hydrogen) atoms. The van der Waals surface area contributed by atoms with Crippen LogP contribution >= 0.6 is 11.6 Å². The van der Waals surface area contributed by atoms with Crippen molar-refractivity contribution < 1.29 is 9.59 Å². The molecule has 0 spiro atoms. The highest BCUT2D eigenvalue weighted by atomic mass is 35.5. The van der Waals surface area contributed by atoms with E-state index in [0.29, 0.717) is 11.4 Å². The Morgan fingerprint density at radius 3 is 2.56 bits per heavy atom. The van der Waals surface area contributed by atoms with Gasteiger partial charge < -0.3 is 0 Å². The van der Waals surface area contributed by atoms with Crippen LogP contribution in [0, 0.1) is 13.8 Å². The van der Waals surface area contributed by atoms with Crippen LogP contribution in [0.3, 0.4) is 0 Å². The Morgan fingerprint density at radius 2 is 1.81 bits per heavy atom. The fraction of sp³-hybridized carbons (Fsp3) is 0.304. The molecule has 4 heteroatoms. The zero-order valence-electron chi connectivity index (χ0n) is 15.6. The third-order valence-electron chi connectivity index (χ3n) is 5.67. The van der Waals surface area contributed by atoms with Gasteiger partial charge in [-0.1, -0.05) is 29.8 Å². The average Bonchev–Trinajstić information content (AvgIpc) is 2.64. The molecule has 0 bridgehead atoms. The summed E-state index contributed by atoms with van der Waals surface area (Å²) in [5.74, 6) is -0.0129. The first-order chi connectivity index (χ1) is 13.0. The van der Waals surface area contributed by atoms with Gasteiger partial charge in [-0.25, -0.2) is 0 Å². The van der Waals surface area contributed by atoms with E-state index in [2.05, 4.69) is 6.92 Å². The number of anilines is 1. The highest BCUT2D eigenvalue weighted by Crippen LogP contribution is 2.43. The number of nitrogens with zero attached hydrogens (tertiary/aromatic N) is 1. The monoisotopic (exact) mass is 379 g/mol. The number of Topliss-reactive ketones (excluding diaryl/α,β-unsaturated/α-hetero) is 1. The third-order valence-corrected chi connectivity index (χ3v) is 5.91. The zero-order valence-corrected chi connectivity index (χ0v) is 16.3. The van der Waals surface area contributed by atoms with Crippen LogP contribution in [0.15, 0.2) is 53.7 Å². The molecule has 0 aromatic heterocycles. The lowest BCUT2D eigenvalue weighted by Crippen LogP contribution is -2.40. The van der Waals surface area contributed by atoms with E-state index < -0.39 is 0 Å². The first kappa shape index (κ1) is 18.0. The SMILES string of the molecule is Cc1ccc(N2C(=O)CC(c3cccc(Cl)c3)C3=C2CCCC3=O)cc1C. The summed E-state index contributed by atoms with van der Waals surface area (Å²) in [5.41, 5.74) is 5.79. The summed E-state index contributed by atoms with van der Waals surface area (Å²) in [7, 11) is 0. The molecule has 4 rings (SSSR count). The number of benzene rings is 2. The van der Waals surface area contributed by atoms with Gasteiger partial charge in [0.1, 0.15) is 0 Å². The molecule has 1 heterocycles.